The van der Waals surface area contributed by atoms with Gasteiger partial charge in [-0.25, -0.2) is 0 Å². The molecule has 1 rings (SSSR count). The van der Waals surface area contributed by atoms with Crippen molar-refractivity contribution in [3.05, 3.63) is 0 Å². The van der Waals surface area contributed by atoms with Gasteiger partial charge in [-0.2, -0.15) is 26.3 Å². The summed E-state index contributed by atoms with van der Waals surface area (Å²) in [5.41, 5.74) is 5.15. The minimum Gasteiger partial charge on any atom is -0.342 e. The number of piperidine rings is 1. The molecular formula is C11H16F6N2O. The Hall–Kier alpha value is -0.990. The fraction of sp³-hybridized carbons (Fsp3) is 0.909. The van der Waals surface area contributed by atoms with Gasteiger partial charge in [0.1, 0.15) is 0 Å². The minimum atomic E-state index is -5.63. The lowest BCUT2D eigenvalue weighted by atomic mass is 9.80. The molecule has 1 saturated heterocycles. The summed E-state index contributed by atoms with van der Waals surface area (Å²) >= 11 is 0. The molecule has 0 spiro atoms. The summed E-state index contributed by atoms with van der Waals surface area (Å²) in [6.45, 7) is 1.78. The fourth-order valence-electron chi connectivity index (χ4n) is 2.12. The van der Waals surface area contributed by atoms with Crippen LogP contribution in [0.25, 0.3) is 0 Å². The molecule has 0 radical (unpaired) electrons. The summed E-state index contributed by atoms with van der Waals surface area (Å²) in [5, 5.41) is 0. The normalized spacial score (nSPS) is 20.4. The van der Waals surface area contributed by atoms with Crippen molar-refractivity contribution in [2.45, 2.75) is 32.1 Å². The molecule has 20 heavy (non-hydrogen) atoms. The van der Waals surface area contributed by atoms with E-state index >= 15 is 0 Å². The summed E-state index contributed by atoms with van der Waals surface area (Å²) in [7, 11) is 0. The molecule has 0 saturated carbocycles. The van der Waals surface area contributed by atoms with Gasteiger partial charge in [0, 0.05) is 13.1 Å². The highest BCUT2D eigenvalue weighted by molar-refractivity contribution is 5.80. The molecule has 0 unspecified atom stereocenters. The molecular weight excluding hydrogens is 290 g/mol. The van der Waals surface area contributed by atoms with Crippen molar-refractivity contribution in [1.82, 2.24) is 4.90 Å². The average Bonchev–Trinajstić information content (AvgIpc) is 2.26. The van der Waals surface area contributed by atoms with Crippen LogP contribution in [-0.4, -0.2) is 42.8 Å². The van der Waals surface area contributed by atoms with Crippen molar-refractivity contribution in [3.63, 3.8) is 0 Å². The van der Waals surface area contributed by atoms with E-state index in [2.05, 4.69) is 0 Å². The molecule has 2 N–H and O–H groups in total. The second-order valence-electron chi connectivity index (χ2n) is 5.36. The SMILES string of the molecule is CC1(CN)CCN(C(=O)C(C(F)(F)F)C(F)(F)F)CC1. The standard InChI is InChI=1S/C11H16F6N2O/c1-9(6-18)2-4-19(5-3-9)8(20)7(10(12,13)14)11(15,16)17/h7H,2-6,18H2,1H3. The monoisotopic (exact) mass is 306 g/mol. The van der Waals surface area contributed by atoms with Gasteiger partial charge in [-0.1, -0.05) is 6.92 Å². The summed E-state index contributed by atoms with van der Waals surface area (Å²) < 4.78 is 74.7. The van der Waals surface area contributed by atoms with E-state index in [1.165, 1.54) is 0 Å². The highest BCUT2D eigenvalue weighted by Gasteiger charge is 2.62. The molecule has 1 aliphatic heterocycles. The fourth-order valence-corrected chi connectivity index (χ4v) is 2.12. The number of hydrogen-bond donors (Lipinski definition) is 1. The first-order valence-electron chi connectivity index (χ1n) is 6.03. The maximum Gasteiger partial charge on any atom is 0.409 e. The van der Waals surface area contributed by atoms with Gasteiger partial charge < -0.3 is 10.6 Å². The lowest BCUT2D eigenvalue weighted by molar-refractivity contribution is -0.278. The zero-order chi connectivity index (χ0) is 15.8. The van der Waals surface area contributed by atoms with Gasteiger partial charge in [0.25, 0.3) is 0 Å². The number of hydrogen-bond acceptors (Lipinski definition) is 2. The minimum absolute atomic E-state index is 0.144. The molecule has 9 heteroatoms. The smallest absolute Gasteiger partial charge is 0.342 e. The number of amides is 1. The molecule has 1 fully saturated rings. The van der Waals surface area contributed by atoms with E-state index < -0.39 is 24.2 Å². The van der Waals surface area contributed by atoms with Crippen LogP contribution in [0.3, 0.4) is 0 Å². The number of rotatable bonds is 2. The van der Waals surface area contributed by atoms with Gasteiger partial charge in [0.2, 0.25) is 11.8 Å². The average molecular weight is 306 g/mol. The first kappa shape index (κ1) is 17.1. The van der Waals surface area contributed by atoms with Crippen LogP contribution < -0.4 is 5.73 Å². The van der Waals surface area contributed by atoms with Crippen LogP contribution >= 0.6 is 0 Å². The Labute approximate surface area is 112 Å². The number of alkyl halides is 6. The third-order valence-corrected chi connectivity index (χ3v) is 3.68. The first-order chi connectivity index (χ1) is 8.91. The van der Waals surface area contributed by atoms with E-state index in [1.54, 1.807) is 6.92 Å². The largest absolute Gasteiger partial charge is 0.409 e. The van der Waals surface area contributed by atoms with E-state index in [1.807, 2.05) is 0 Å². The number of likely N-dealkylation sites (tertiary alicyclic amines) is 1. The molecule has 0 atom stereocenters. The van der Waals surface area contributed by atoms with Crippen LogP contribution in [0.1, 0.15) is 19.8 Å². The van der Waals surface area contributed by atoms with E-state index in [0.717, 1.165) is 0 Å². The molecule has 0 aromatic carbocycles. The lowest BCUT2D eigenvalue weighted by Gasteiger charge is -2.40. The van der Waals surface area contributed by atoms with Crippen LogP contribution in [-0.2, 0) is 4.79 Å². The highest BCUT2D eigenvalue weighted by Crippen LogP contribution is 2.41. The Balaban J connectivity index is 2.84. The second-order valence-corrected chi connectivity index (χ2v) is 5.36. The summed E-state index contributed by atoms with van der Waals surface area (Å²) in [6, 6.07) is 0. The van der Waals surface area contributed by atoms with Gasteiger partial charge in [-0.05, 0) is 24.8 Å². The van der Waals surface area contributed by atoms with Crippen molar-refractivity contribution in [2.24, 2.45) is 17.1 Å². The maximum absolute atomic E-state index is 12.5. The quantitative estimate of drug-likeness (QED) is 0.796. The number of carbonyl (C=O) groups excluding carboxylic acids is 1. The van der Waals surface area contributed by atoms with Gasteiger partial charge in [-0.15, -0.1) is 0 Å². The number of nitrogens with two attached hydrogens (primary N) is 1. The van der Waals surface area contributed by atoms with E-state index in [-0.39, 0.29) is 37.9 Å². The topological polar surface area (TPSA) is 46.3 Å². The van der Waals surface area contributed by atoms with Gasteiger partial charge in [0.05, 0.1) is 0 Å². The van der Waals surface area contributed by atoms with Gasteiger partial charge in [-0.3, -0.25) is 4.79 Å². The van der Waals surface area contributed by atoms with Crippen molar-refractivity contribution < 1.29 is 31.1 Å². The zero-order valence-corrected chi connectivity index (χ0v) is 10.8. The van der Waals surface area contributed by atoms with Crippen molar-refractivity contribution in [3.8, 4) is 0 Å². The molecule has 118 valence electrons. The Morgan fingerprint density at radius 1 is 1.15 bits per heavy atom. The van der Waals surface area contributed by atoms with E-state index in [0.29, 0.717) is 4.90 Å². The Bertz CT molecular complexity index is 343. The van der Waals surface area contributed by atoms with Crippen LogP contribution in [0.2, 0.25) is 0 Å². The number of carbonyl (C=O) groups is 1. The maximum atomic E-state index is 12.5. The van der Waals surface area contributed by atoms with Crippen LogP contribution in [0.4, 0.5) is 26.3 Å². The van der Waals surface area contributed by atoms with E-state index in [9.17, 15) is 31.1 Å². The molecule has 0 aromatic rings. The summed E-state index contributed by atoms with van der Waals surface area (Å²) in [4.78, 5) is 12.2. The van der Waals surface area contributed by atoms with Crippen LogP contribution in [0, 0.1) is 11.3 Å². The highest BCUT2D eigenvalue weighted by atomic mass is 19.4. The third kappa shape index (κ3) is 3.77. The number of nitrogens with zero attached hydrogens (tertiary/aromatic N) is 1. The first-order valence-corrected chi connectivity index (χ1v) is 6.03. The van der Waals surface area contributed by atoms with Crippen molar-refractivity contribution in [2.75, 3.05) is 19.6 Å². The summed E-state index contributed by atoms with van der Waals surface area (Å²) in [6.07, 6.45) is -10.7. The second kappa shape index (κ2) is 5.42. The molecule has 3 nitrogen and oxygen atoms in total. The molecule has 1 heterocycles. The molecule has 0 bridgehead atoms. The Kier molecular flexibility index (Phi) is 4.62. The molecule has 1 aliphatic rings. The van der Waals surface area contributed by atoms with Gasteiger partial charge in [0.15, 0.2) is 0 Å². The predicted octanol–water partition coefficient (Wildman–Crippen LogP) is 2.31. The third-order valence-electron chi connectivity index (χ3n) is 3.68. The van der Waals surface area contributed by atoms with Crippen molar-refractivity contribution in [1.29, 1.82) is 0 Å². The molecule has 1 amide bonds. The number of halogens is 6. The summed E-state index contributed by atoms with van der Waals surface area (Å²) in [5.74, 6) is -5.87. The predicted molar refractivity (Wildman–Crippen MR) is 58.6 cm³/mol. The van der Waals surface area contributed by atoms with Crippen molar-refractivity contribution >= 4 is 5.91 Å². The van der Waals surface area contributed by atoms with E-state index in [4.69, 9.17) is 5.73 Å². The van der Waals surface area contributed by atoms with Crippen LogP contribution in [0.15, 0.2) is 0 Å². The Morgan fingerprint density at radius 3 is 1.85 bits per heavy atom. The lowest BCUT2D eigenvalue weighted by Crippen LogP contribution is -2.53. The zero-order valence-electron chi connectivity index (χ0n) is 10.8. The van der Waals surface area contributed by atoms with Crippen LogP contribution in [0.5, 0.6) is 0 Å². The van der Waals surface area contributed by atoms with Gasteiger partial charge >= 0.3 is 12.4 Å². The molecule has 0 aliphatic carbocycles. The Morgan fingerprint density at radius 2 is 1.55 bits per heavy atom. The molecule has 0 aromatic heterocycles.